The number of hydrogen-bond acceptors (Lipinski definition) is 4. The van der Waals surface area contributed by atoms with Crippen LogP contribution in [-0.2, 0) is 17.6 Å². The minimum atomic E-state index is 0.241. The van der Waals surface area contributed by atoms with Gasteiger partial charge in [0.1, 0.15) is 11.6 Å². The molecule has 6 nitrogen and oxygen atoms in total. The largest absolute Gasteiger partial charge is 0.370 e. The van der Waals surface area contributed by atoms with E-state index in [4.69, 9.17) is 0 Å². The van der Waals surface area contributed by atoms with Gasteiger partial charge in [0.25, 0.3) is 0 Å². The Balaban J connectivity index is 1.31. The van der Waals surface area contributed by atoms with E-state index in [1.54, 1.807) is 4.52 Å². The second-order valence-corrected chi connectivity index (χ2v) is 7.16. The van der Waals surface area contributed by atoms with Gasteiger partial charge in [-0.05, 0) is 43.0 Å². The Kier molecular flexibility index (Phi) is 3.89. The van der Waals surface area contributed by atoms with Crippen LogP contribution in [0.25, 0.3) is 16.6 Å². The minimum Gasteiger partial charge on any atom is -0.370 e. The van der Waals surface area contributed by atoms with Crippen LogP contribution >= 0.6 is 0 Å². The van der Waals surface area contributed by atoms with E-state index in [2.05, 4.69) is 44.8 Å². The number of fused-ring (bicyclic) bond motifs is 2. The number of ketones is 1. The fourth-order valence-electron chi connectivity index (χ4n) is 3.53. The lowest BCUT2D eigenvalue weighted by atomic mass is 10.1. The molecule has 2 N–H and O–H groups in total. The topological polar surface area (TPSA) is 75.1 Å². The summed E-state index contributed by atoms with van der Waals surface area (Å²) in [4.78, 5) is 19.9. The number of H-pyrrole nitrogens is 1. The zero-order valence-corrected chi connectivity index (χ0v) is 15.0. The molecule has 0 radical (unpaired) electrons. The monoisotopic (exact) mass is 359 g/mol. The van der Waals surface area contributed by atoms with Gasteiger partial charge in [-0.3, -0.25) is 4.79 Å². The number of Topliss-reactive ketones (excluding diaryl/α,β-unsaturated/α-hetero) is 1. The maximum absolute atomic E-state index is 12.0. The lowest BCUT2D eigenvalue weighted by Gasteiger charge is -2.07. The Labute approximate surface area is 156 Å². The Morgan fingerprint density at radius 1 is 1.19 bits per heavy atom. The Morgan fingerprint density at radius 2 is 2.07 bits per heavy atom. The van der Waals surface area contributed by atoms with Gasteiger partial charge in [0.05, 0.1) is 6.42 Å². The van der Waals surface area contributed by atoms with Crippen molar-refractivity contribution in [2.45, 2.75) is 25.7 Å². The van der Waals surface area contributed by atoms with Gasteiger partial charge in [0, 0.05) is 29.6 Å². The SMILES string of the molecule is O=C(Cc1nc2cccc(NCCc3c[nH]c4ccccc34)n2n1)C1CC1. The molecule has 0 atom stereocenters. The van der Waals surface area contributed by atoms with E-state index in [-0.39, 0.29) is 11.7 Å². The van der Waals surface area contributed by atoms with Crippen molar-refractivity contribution in [3.8, 4) is 0 Å². The molecule has 0 unspecified atom stereocenters. The Hall–Kier alpha value is -3.15. The number of pyridine rings is 1. The van der Waals surface area contributed by atoms with Gasteiger partial charge in [-0.2, -0.15) is 4.52 Å². The highest BCUT2D eigenvalue weighted by molar-refractivity contribution is 5.84. The van der Waals surface area contributed by atoms with E-state index in [1.807, 2.05) is 24.3 Å². The maximum Gasteiger partial charge on any atom is 0.159 e. The Bertz CT molecular complexity index is 1120. The molecule has 27 heavy (non-hydrogen) atoms. The van der Waals surface area contributed by atoms with Crippen molar-refractivity contribution in [2.24, 2.45) is 5.92 Å². The molecule has 0 spiro atoms. The first-order valence-corrected chi connectivity index (χ1v) is 9.44. The molecule has 3 aromatic heterocycles. The van der Waals surface area contributed by atoms with Crippen molar-refractivity contribution in [3.63, 3.8) is 0 Å². The first-order valence-electron chi connectivity index (χ1n) is 9.44. The molecule has 3 heterocycles. The number of benzene rings is 1. The highest BCUT2D eigenvalue weighted by Gasteiger charge is 2.30. The van der Waals surface area contributed by atoms with Crippen molar-refractivity contribution in [1.29, 1.82) is 0 Å². The molecular formula is C21H21N5O. The van der Waals surface area contributed by atoms with Gasteiger partial charge in [0.15, 0.2) is 11.5 Å². The number of aromatic amines is 1. The number of carbonyl (C=O) groups excluding carboxylic acids is 1. The van der Waals surface area contributed by atoms with Crippen LogP contribution in [0.4, 0.5) is 5.82 Å². The molecule has 0 saturated heterocycles. The number of nitrogens with one attached hydrogen (secondary N) is 2. The normalized spacial score (nSPS) is 14.1. The van der Waals surface area contributed by atoms with E-state index in [0.29, 0.717) is 12.2 Å². The summed E-state index contributed by atoms with van der Waals surface area (Å²) in [5.74, 6) is 2.01. The third kappa shape index (κ3) is 3.18. The van der Waals surface area contributed by atoms with Gasteiger partial charge in [0.2, 0.25) is 0 Å². The van der Waals surface area contributed by atoms with Gasteiger partial charge < -0.3 is 10.3 Å². The van der Waals surface area contributed by atoms with Crippen LogP contribution in [0.1, 0.15) is 24.2 Å². The first kappa shape index (κ1) is 16.1. The van der Waals surface area contributed by atoms with E-state index >= 15 is 0 Å². The van der Waals surface area contributed by atoms with Crippen LogP contribution in [0.3, 0.4) is 0 Å². The number of carbonyl (C=O) groups is 1. The third-order valence-electron chi connectivity index (χ3n) is 5.14. The fourth-order valence-corrected chi connectivity index (χ4v) is 3.53. The van der Waals surface area contributed by atoms with Crippen molar-refractivity contribution in [1.82, 2.24) is 19.6 Å². The molecule has 1 aliphatic rings. The zero-order valence-electron chi connectivity index (χ0n) is 15.0. The summed E-state index contributed by atoms with van der Waals surface area (Å²) in [5.41, 5.74) is 3.22. The predicted molar refractivity (Wildman–Crippen MR) is 105 cm³/mol. The van der Waals surface area contributed by atoms with Crippen molar-refractivity contribution >= 4 is 28.2 Å². The lowest BCUT2D eigenvalue weighted by Crippen LogP contribution is -2.09. The van der Waals surface area contributed by atoms with Gasteiger partial charge in [-0.1, -0.05) is 24.3 Å². The second-order valence-electron chi connectivity index (χ2n) is 7.16. The molecule has 6 heteroatoms. The summed E-state index contributed by atoms with van der Waals surface area (Å²) >= 11 is 0. The summed E-state index contributed by atoms with van der Waals surface area (Å²) in [6.45, 7) is 0.789. The summed E-state index contributed by atoms with van der Waals surface area (Å²) in [6, 6.07) is 14.2. The minimum absolute atomic E-state index is 0.241. The number of hydrogen-bond donors (Lipinski definition) is 2. The average Bonchev–Trinajstić information content (AvgIpc) is 3.34. The molecule has 0 amide bonds. The average molecular weight is 359 g/mol. The number of nitrogens with zero attached hydrogens (tertiary/aromatic N) is 3. The van der Waals surface area contributed by atoms with Crippen LogP contribution in [0.15, 0.2) is 48.7 Å². The molecule has 1 saturated carbocycles. The molecule has 1 fully saturated rings. The fraction of sp³-hybridized carbons (Fsp3) is 0.286. The molecule has 1 aliphatic carbocycles. The van der Waals surface area contributed by atoms with Crippen molar-refractivity contribution in [3.05, 3.63) is 60.0 Å². The van der Waals surface area contributed by atoms with Gasteiger partial charge in [-0.25, -0.2) is 4.98 Å². The number of rotatable bonds is 7. The zero-order chi connectivity index (χ0) is 18.2. The molecule has 4 aromatic rings. The van der Waals surface area contributed by atoms with Crippen molar-refractivity contribution in [2.75, 3.05) is 11.9 Å². The standard InChI is InChI=1S/C21H21N5O/c27-18(14-8-9-14)12-19-24-21-7-3-6-20(26(21)25-19)22-11-10-15-13-23-17-5-2-1-4-16(15)17/h1-7,13-14,22-23H,8-12H2. The second kappa shape index (κ2) is 6.54. The molecule has 136 valence electrons. The molecule has 5 rings (SSSR count). The summed E-state index contributed by atoms with van der Waals surface area (Å²) < 4.78 is 1.80. The first-order chi connectivity index (χ1) is 13.3. The highest BCUT2D eigenvalue weighted by atomic mass is 16.1. The smallest absolute Gasteiger partial charge is 0.159 e. The van der Waals surface area contributed by atoms with Crippen LogP contribution in [0.5, 0.6) is 0 Å². The van der Waals surface area contributed by atoms with Gasteiger partial charge in [-0.15, -0.1) is 5.10 Å². The number of aromatic nitrogens is 4. The molecule has 0 aliphatic heterocycles. The third-order valence-corrected chi connectivity index (χ3v) is 5.14. The summed E-state index contributed by atoms with van der Waals surface area (Å²) in [6.07, 6.45) is 5.35. The van der Waals surface area contributed by atoms with Gasteiger partial charge >= 0.3 is 0 Å². The number of para-hydroxylation sites is 1. The van der Waals surface area contributed by atoms with E-state index < -0.39 is 0 Å². The summed E-state index contributed by atoms with van der Waals surface area (Å²) in [5, 5.41) is 9.26. The highest BCUT2D eigenvalue weighted by Crippen LogP contribution is 2.30. The number of anilines is 1. The van der Waals surface area contributed by atoms with E-state index in [0.717, 1.165) is 42.8 Å². The van der Waals surface area contributed by atoms with Crippen LogP contribution in [-0.4, -0.2) is 31.9 Å². The Morgan fingerprint density at radius 3 is 2.96 bits per heavy atom. The van der Waals surface area contributed by atoms with Crippen LogP contribution < -0.4 is 5.32 Å². The maximum atomic E-state index is 12.0. The molecule has 1 aromatic carbocycles. The van der Waals surface area contributed by atoms with E-state index in [1.165, 1.54) is 10.9 Å². The molecule has 0 bridgehead atoms. The van der Waals surface area contributed by atoms with Crippen LogP contribution in [0.2, 0.25) is 0 Å². The van der Waals surface area contributed by atoms with Crippen molar-refractivity contribution < 1.29 is 4.79 Å². The predicted octanol–water partition coefficient (Wildman–Crippen LogP) is 3.39. The lowest BCUT2D eigenvalue weighted by molar-refractivity contribution is -0.119. The quantitative estimate of drug-likeness (QED) is 0.530. The van der Waals surface area contributed by atoms with Crippen LogP contribution in [0, 0.1) is 5.92 Å². The van der Waals surface area contributed by atoms with E-state index in [9.17, 15) is 4.79 Å². The summed E-state index contributed by atoms with van der Waals surface area (Å²) in [7, 11) is 0. The molecular weight excluding hydrogens is 338 g/mol.